The Hall–Kier alpha value is -1.62. The molecular weight excluding hydrogens is 246 g/mol. The molecule has 0 bridgehead atoms. The van der Waals surface area contributed by atoms with Crippen LogP contribution in [-0.4, -0.2) is 23.6 Å². The summed E-state index contributed by atoms with van der Waals surface area (Å²) in [6.45, 7) is 4.69. The summed E-state index contributed by atoms with van der Waals surface area (Å²) < 4.78 is 0. The molecule has 0 radical (unpaired) electrons. The Balaban J connectivity index is 2.20. The van der Waals surface area contributed by atoms with Crippen molar-refractivity contribution in [3.8, 4) is 0 Å². The quantitative estimate of drug-likeness (QED) is 0.700. The van der Waals surface area contributed by atoms with Crippen molar-refractivity contribution in [2.75, 3.05) is 6.54 Å². The van der Waals surface area contributed by atoms with Crippen molar-refractivity contribution in [2.24, 2.45) is 0 Å². The molecule has 1 rings (SSSR count). The van der Waals surface area contributed by atoms with E-state index < -0.39 is 0 Å². The molecule has 0 aliphatic heterocycles. The molecule has 0 saturated carbocycles. The lowest BCUT2D eigenvalue weighted by molar-refractivity contribution is -0.120. The molecule has 3 N–H and O–H groups in total. The van der Waals surface area contributed by atoms with Crippen LogP contribution in [0.4, 0.5) is 0 Å². The number of hydrogen-bond donors (Lipinski definition) is 3. The number of nitrogens with one attached hydrogen (secondary N) is 3. The Morgan fingerprint density at radius 1 is 1.22 bits per heavy atom. The zero-order chi connectivity index (χ0) is 13.4. The molecule has 1 aromatic rings. The number of carbonyl (C=O) groups excluding carboxylic acids is 1. The van der Waals surface area contributed by atoms with Gasteiger partial charge in [0.05, 0.1) is 6.54 Å². The van der Waals surface area contributed by atoms with Gasteiger partial charge in [-0.15, -0.1) is 0 Å². The van der Waals surface area contributed by atoms with E-state index in [1.54, 1.807) is 0 Å². The van der Waals surface area contributed by atoms with Crippen molar-refractivity contribution in [1.29, 1.82) is 0 Å². The van der Waals surface area contributed by atoms with Crippen molar-refractivity contribution in [1.82, 2.24) is 16.0 Å². The maximum Gasteiger partial charge on any atom is 0.239 e. The van der Waals surface area contributed by atoms with Crippen LogP contribution in [0, 0.1) is 0 Å². The van der Waals surface area contributed by atoms with Crippen molar-refractivity contribution < 1.29 is 4.79 Å². The Labute approximate surface area is 113 Å². The van der Waals surface area contributed by atoms with Crippen LogP contribution in [0.2, 0.25) is 0 Å². The molecule has 0 aliphatic carbocycles. The monoisotopic (exact) mass is 265 g/mol. The van der Waals surface area contributed by atoms with Gasteiger partial charge >= 0.3 is 0 Å². The normalized spacial score (nSPS) is 9.94. The highest BCUT2D eigenvalue weighted by Crippen LogP contribution is 1.96. The summed E-state index contributed by atoms with van der Waals surface area (Å²) in [5.41, 5.74) is 1.15. The lowest BCUT2D eigenvalue weighted by Crippen LogP contribution is -2.43. The van der Waals surface area contributed by atoms with Crippen molar-refractivity contribution in [2.45, 2.75) is 26.4 Å². The minimum Gasteiger partial charge on any atom is -0.359 e. The van der Waals surface area contributed by atoms with Crippen LogP contribution in [0.1, 0.15) is 19.4 Å². The van der Waals surface area contributed by atoms with Crippen LogP contribution < -0.4 is 16.0 Å². The van der Waals surface area contributed by atoms with Crippen molar-refractivity contribution in [3.63, 3.8) is 0 Å². The molecule has 0 fully saturated rings. The highest BCUT2D eigenvalue weighted by molar-refractivity contribution is 7.80. The number of amides is 1. The molecule has 1 amide bonds. The summed E-state index contributed by atoms with van der Waals surface area (Å²) in [5, 5.41) is 9.18. The molecule has 5 heteroatoms. The first-order chi connectivity index (χ1) is 8.58. The number of benzene rings is 1. The van der Waals surface area contributed by atoms with Gasteiger partial charge in [0.15, 0.2) is 5.11 Å². The molecule has 0 heterocycles. The zero-order valence-electron chi connectivity index (χ0n) is 10.7. The molecule has 0 saturated heterocycles. The molecule has 0 spiro atoms. The second-order valence-corrected chi connectivity index (χ2v) is 4.65. The molecule has 98 valence electrons. The Kier molecular flexibility index (Phi) is 6.14. The molecule has 18 heavy (non-hydrogen) atoms. The summed E-state index contributed by atoms with van der Waals surface area (Å²) >= 11 is 5.08. The van der Waals surface area contributed by atoms with Gasteiger partial charge in [0.2, 0.25) is 5.91 Å². The van der Waals surface area contributed by atoms with Crippen LogP contribution in [0.15, 0.2) is 30.3 Å². The minimum atomic E-state index is -0.0612. The first-order valence-corrected chi connectivity index (χ1v) is 6.33. The van der Waals surface area contributed by atoms with Crippen molar-refractivity contribution in [3.05, 3.63) is 35.9 Å². The first-order valence-electron chi connectivity index (χ1n) is 5.93. The van der Waals surface area contributed by atoms with E-state index in [-0.39, 0.29) is 18.5 Å². The fourth-order valence-electron chi connectivity index (χ4n) is 1.37. The fraction of sp³-hybridized carbons (Fsp3) is 0.385. The largest absolute Gasteiger partial charge is 0.359 e. The molecule has 0 aromatic heterocycles. The minimum absolute atomic E-state index is 0.0612. The van der Waals surface area contributed by atoms with Crippen molar-refractivity contribution >= 4 is 23.2 Å². The maximum absolute atomic E-state index is 11.4. The van der Waals surface area contributed by atoms with E-state index in [4.69, 9.17) is 12.2 Å². The zero-order valence-corrected chi connectivity index (χ0v) is 11.5. The maximum atomic E-state index is 11.4. The Bertz CT molecular complexity index is 392. The second kappa shape index (κ2) is 7.66. The fourth-order valence-corrected chi connectivity index (χ4v) is 1.52. The highest BCUT2D eigenvalue weighted by Gasteiger charge is 2.03. The molecular formula is C13H19N3OS. The number of carbonyl (C=O) groups is 1. The summed E-state index contributed by atoms with van der Waals surface area (Å²) in [4.78, 5) is 11.4. The Morgan fingerprint density at radius 3 is 2.50 bits per heavy atom. The van der Waals surface area contributed by atoms with Crippen LogP contribution in [0.25, 0.3) is 0 Å². The van der Waals surface area contributed by atoms with E-state index in [9.17, 15) is 4.79 Å². The number of thiocarbonyl (C=S) groups is 1. The van der Waals surface area contributed by atoms with Crippen LogP contribution in [0.5, 0.6) is 0 Å². The molecule has 1 aromatic carbocycles. The Morgan fingerprint density at radius 2 is 1.89 bits per heavy atom. The van der Waals surface area contributed by atoms with Gasteiger partial charge < -0.3 is 16.0 Å². The standard InChI is InChI=1S/C13H19N3OS/c1-10(2)16-12(17)9-15-13(18)14-8-11-6-4-3-5-7-11/h3-7,10H,8-9H2,1-2H3,(H,16,17)(H2,14,15,18). The molecule has 0 aliphatic rings. The van der Waals surface area contributed by atoms with E-state index in [1.807, 2.05) is 44.2 Å². The smallest absolute Gasteiger partial charge is 0.239 e. The summed E-state index contributed by atoms with van der Waals surface area (Å²) in [6, 6.07) is 10.1. The van der Waals surface area contributed by atoms with E-state index in [0.29, 0.717) is 11.7 Å². The van der Waals surface area contributed by atoms with E-state index in [0.717, 1.165) is 5.56 Å². The van der Waals surface area contributed by atoms with E-state index >= 15 is 0 Å². The van der Waals surface area contributed by atoms with E-state index in [1.165, 1.54) is 0 Å². The third-order valence-electron chi connectivity index (χ3n) is 2.16. The number of rotatable bonds is 5. The average Bonchev–Trinajstić information content (AvgIpc) is 2.34. The van der Waals surface area contributed by atoms with E-state index in [2.05, 4.69) is 16.0 Å². The van der Waals surface area contributed by atoms with Gasteiger partial charge in [0, 0.05) is 12.6 Å². The van der Waals surface area contributed by atoms with Crippen LogP contribution in [0.3, 0.4) is 0 Å². The van der Waals surface area contributed by atoms with Gasteiger partial charge in [0.25, 0.3) is 0 Å². The van der Waals surface area contributed by atoms with Gasteiger partial charge in [-0.1, -0.05) is 30.3 Å². The van der Waals surface area contributed by atoms with Gasteiger partial charge in [0.1, 0.15) is 0 Å². The highest BCUT2D eigenvalue weighted by atomic mass is 32.1. The first kappa shape index (κ1) is 14.4. The van der Waals surface area contributed by atoms with Gasteiger partial charge in [-0.05, 0) is 31.6 Å². The topological polar surface area (TPSA) is 53.2 Å². The van der Waals surface area contributed by atoms with Gasteiger partial charge in [-0.2, -0.15) is 0 Å². The van der Waals surface area contributed by atoms with Crippen LogP contribution in [-0.2, 0) is 11.3 Å². The predicted octanol–water partition coefficient (Wildman–Crippen LogP) is 1.18. The summed E-state index contributed by atoms with van der Waals surface area (Å²) in [7, 11) is 0. The SMILES string of the molecule is CC(C)NC(=O)CNC(=S)NCc1ccccc1. The summed E-state index contributed by atoms with van der Waals surface area (Å²) in [6.07, 6.45) is 0. The predicted molar refractivity (Wildman–Crippen MR) is 77.2 cm³/mol. The van der Waals surface area contributed by atoms with Crippen LogP contribution >= 0.6 is 12.2 Å². The molecule has 0 unspecified atom stereocenters. The molecule has 0 atom stereocenters. The third-order valence-corrected chi connectivity index (χ3v) is 2.44. The van der Waals surface area contributed by atoms with Gasteiger partial charge in [-0.25, -0.2) is 0 Å². The second-order valence-electron chi connectivity index (χ2n) is 4.24. The lowest BCUT2D eigenvalue weighted by atomic mass is 10.2. The lowest BCUT2D eigenvalue weighted by Gasteiger charge is -2.12. The third kappa shape index (κ3) is 6.20. The number of hydrogen-bond acceptors (Lipinski definition) is 2. The molecule has 4 nitrogen and oxygen atoms in total. The van der Waals surface area contributed by atoms with Gasteiger partial charge in [-0.3, -0.25) is 4.79 Å². The average molecular weight is 265 g/mol. The summed E-state index contributed by atoms with van der Waals surface area (Å²) in [5.74, 6) is -0.0612.